The maximum atomic E-state index is 9.13. The third-order valence-electron chi connectivity index (χ3n) is 2.61. The molecule has 0 saturated carbocycles. The van der Waals surface area contributed by atoms with E-state index in [-0.39, 0.29) is 6.10 Å². The number of nitrogens with zero attached hydrogens (tertiary/aromatic N) is 1. The Hall–Kier alpha value is -0.890. The largest absolute Gasteiger partial charge is 0.379 e. The first-order valence-electron chi connectivity index (χ1n) is 4.84. The number of rotatable bonds is 5. The SMILES string of the molecule is COC(C)C(C)(C#N)NCc1cccs1. The summed E-state index contributed by atoms with van der Waals surface area (Å²) >= 11 is 1.68. The second-order valence-electron chi connectivity index (χ2n) is 3.63. The van der Waals surface area contributed by atoms with Crippen LogP contribution in [0.2, 0.25) is 0 Å². The molecule has 0 fully saturated rings. The predicted molar refractivity (Wildman–Crippen MR) is 61.6 cm³/mol. The number of nitrogens with one attached hydrogen (secondary N) is 1. The molecular weight excluding hydrogens is 208 g/mol. The minimum absolute atomic E-state index is 0.137. The van der Waals surface area contributed by atoms with E-state index in [0.29, 0.717) is 6.54 Å². The maximum Gasteiger partial charge on any atom is 0.130 e. The highest BCUT2D eigenvalue weighted by molar-refractivity contribution is 7.09. The zero-order chi connectivity index (χ0) is 11.3. The Morgan fingerprint density at radius 1 is 1.73 bits per heavy atom. The quantitative estimate of drug-likeness (QED) is 0.833. The van der Waals surface area contributed by atoms with Gasteiger partial charge >= 0.3 is 0 Å². The standard InChI is InChI=1S/C11H16N2OS/c1-9(14-3)11(2,8-12)13-7-10-5-4-6-15-10/h4-6,9,13H,7H2,1-3H3. The van der Waals surface area contributed by atoms with Gasteiger partial charge in [0.05, 0.1) is 12.2 Å². The van der Waals surface area contributed by atoms with E-state index < -0.39 is 5.54 Å². The fourth-order valence-electron chi connectivity index (χ4n) is 1.19. The van der Waals surface area contributed by atoms with Gasteiger partial charge in [-0.1, -0.05) is 6.07 Å². The van der Waals surface area contributed by atoms with Crippen molar-refractivity contribution in [2.24, 2.45) is 0 Å². The molecule has 0 amide bonds. The number of ether oxygens (including phenoxy) is 1. The van der Waals surface area contributed by atoms with Gasteiger partial charge in [0.15, 0.2) is 0 Å². The topological polar surface area (TPSA) is 45.0 Å². The van der Waals surface area contributed by atoms with E-state index in [1.165, 1.54) is 4.88 Å². The van der Waals surface area contributed by atoms with Crippen molar-refractivity contribution in [3.8, 4) is 6.07 Å². The number of methoxy groups -OCH3 is 1. The maximum absolute atomic E-state index is 9.13. The van der Waals surface area contributed by atoms with E-state index in [9.17, 15) is 0 Å². The smallest absolute Gasteiger partial charge is 0.130 e. The molecule has 0 bridgehead atoms. The minimum atomic E-state index is -0.640. The lowest BCUT2D eigenvalue weighted by Crippen LogP contribution is -2.50. The highest BCUT2D eigenvalue weighted by Crippen LogP contribution is 2.15. The molecule has 0 aliphatic heterocycles. The summed E-state index contributed by atoms with van der Waals surface area (Å²) in [6, 6.07) is 6.31. The molecule has 4 heteroatoms. The summed E-state index contributed by atoms with van der Waals surface area (Å²) in [7, 11) is 1.62. The van der Waals surface area contributed by atoms with Gasteiger partial charge in [-0.05, 0) is 25.3 Å². The number of nitriles is 1. The highest BCUT2D eigenvalue weighted by atomic mass is 32.1. The van der Waals surface area contributed by atoms with Crippen molar-refractivity contribution in [3.63, 3.8) is 0 Å². The molecule has 0 spiro atoms. The fourth-order valence-corrected chi connectivity index (χ4v) is 1.84. The Morgan fingerprint density at radius 2 is 2.47 bits per heavy atom. The molecule has 3 nitrogen and oxygen atoms in total. The van der Waals surface area contributed by atoms with Crippen LogP contribution in [-0.2, 0) is 11.3 Å². The second kappa shape index (κ2) is 5.26. The number of hydrogen-bond acceptors (Lipinski definition) is 4. The summed E-state index contributed by atoms with van der Waals surface area (Å²) < 4.78 is 5.19. The van der Waals surface area contributed by atoms with E-state index >= 15 is 0 Å². The lowest BCUT2D eigenvalue weighted by molar-refractivity contribution is 0.0619. The average molecular weight is 224 g/mol. The van der Waals surface area contributed by atoms with Crippen molar-refractivity contribution in [1.29, 1.82) is 5.26 Å². The molecule has 0 saturated heterocycles. The third kappa shape index (κ3) is 3.03. The zero-order valence-corrected chi connectivity index (χ0v) is 10.1. The fraction of sp³-hybridized carbons (Fsp3) is 0.545. The summed E-state index contributed by atoms with van der Waals surface area (Å²) in [6.07, 6.45) is -0.137. The summed E-state index contributed by atoms with van der Waals surface area (Å²) in [6.45, 7) is 4.45. The molecule has 1 aromatic rings. The number of hydrogen-bond donors (Lipinski definition) is 1. The van der Waals surface area contributed by atoms with Crippen molar-refractivity contribution in [3.05, 3.63) is 22.4 Å². The van der Waals surface area contributed by atoms with Crippen LogP contribution in [0.15, 0.2) is 17.5 Å². The van der Waals surface area contributed by atoms with Gasteiger partial charge in [0.2, 0.25) is 0 Å². The van der Waals surface area contributed by atoms with Gasteiger partial charge in [-0.15, -0.1) is 11.3 Å². The Bertz CT molecular complexity index is 331. The summed E-state index contributed by atoms with van der Waals surface area (Å²) in [5.41, 5.74) is -0.640. The molecular formula is C11H16N2OS. The molecule has 82 valence electrons. The van der Waals surface area contributed by atoms with Crippen molar-refractivity contribution < 1.29 is 4.74 Å². The first-order chi connectivity index (χ1) is 7.12. The van der Waals surface area contributed by atoms with Crippen LogP contribution in [0.1, 0.15) is 18.7 Å². The van der Waals surface area contributed by atoms with Crippen LogP contribution in [0.4, 0.5) is 0 Å². The molecule has 1 aromatic heterocycles. The summed E-state index contributed by atoms with van der Waals surface area (Å²) in [5, 5.41) is 14.4. The predicted octanol–water partition coefficient (Wildman–Crippen LogP) is 2.15. The van der Waals surface area contributed by atoms with Crippen LogP contribution in [0, 0.1) is 11.3 Å². The van der Waals surface area contributed by atoms with Crippen LogP contribution in [0.5, 0.6) is 0 Å². The third-order valence-corrected chi connectivity index (χ3v) is 3.49. The molecule has 15 heavy (non-hydrogen) atoms. The van der Waals surface area contributed by atoms with Gasteiger partial charge in [-0.2, -0.15) is 5.26 Å². The Kier molecular flexibility index (Phi) is 4.28. The molecule has 2 atom stereocenters. The molecule has 1 rings (SSSR count). The van der Waals surface area contributed by atoms with Crippen molar-refractivity contribution in [2.75, 3.05) is 7.11 Å². The summed E-state index contributed by atoms with van der Waals surface area (Å²) in [4.78, 5) is 1.22. The lowest BCUT2D eigenvalue weighted by atomic mass is 9.98. The molecule has 2 unspecified atom stereocenters. The normalized spacial score (nSPS) is 16.7. The highest BCUT2D eigenvalue weighted by Gasteiger charge is 2.30. The molecule has 0 aromatic carbocycles. The van der Waals surface area contributed by atoms with Crippen molar-refractivity contribution in [2.45, 2.75) is 32.0 Å². The second-order valence-corrected chi connectivity index (χ2v) is 4.66. The van der Waals surface area contributed by atoms with E-state index in [1.807, 2.05) is 31.4 Å². The Morgan fingerprint density at radius 3 is 2.93 bits per heavy atom. The van der Waals surface area contributed by atoms with E-state index in [1.54, 1.807) is 18.4 Å². The van der Waals surface area contributed by atoms with Gasteiger partial charge in [0.25, 0.3) is 0 Å². The average Bonchev–Trinajstić information content (AvgIpc) is 2.77. The Balaban J connectivity index is 2.58. The van der Waals surface area contributed by atoms with E-state index in [2.05, 4.69) is 11.4 Å². The van der Waals surface area contributed by atoms with Gasteiger partial charge in [-0.3, -0.25) is 5.32 Å². The molecule has 1 N–H and O–H groups in total. The van der Waals surface area contributed by atoms with Gasteiger partial charge in [0, 0.05) is 18.5 Å². The molecule has 0 aliphatic rings. The van der Waals surface area contributed by atoms with Crippen molar-refractivity contribution >= 4 is 11.3 Å². The van der Waals surface area contributed by atoms with Crippen molar-refractivity contribution in [1.82, 2.24) is 5.32 Å². The molecule has 1 heterocycles. The first-order valence-corrected chi connectivity index (χ1v) is 5.72. The van der Waals surface area contributed by atoms with E-state index in [4.69, 9.17) is 10.00 Å². The summed E-state index contributed by atoms with van der Waals surface area (Å²) in [5.74, 6) is 0. The van der Waals surface area contributed by atoms with Crippen LogP contribution < -0.4 is 5.32 Å². The monoisotopic (exact) mass is 224 g/mol. The van der Waals surface area contributed by atoms with Crippen LogP contribution >= 0.6 is 11.3 Å². The number of thiophene rings is 1. The Labute approximate surface area is 94.7 Å². The lowest BCUT2D eigenvalue weighted by Gasteiger charge is -2.28. The van der Waals surface area contributed by atoms with E-state index in [0.717, 1.165) is 0 Å². The minimum Gasteiger partial charge on any atom is -0.379 e. The van der Waals surface area contributed by atoms with Crippen LogP contribution in [-0.4, -0.2) is 18.8 Å². The van der Waals surface area contributed by atoms with Gasteiger partial charge in [0.1, 0.15) is 5.54 Å². The zero-order valence-electron chi connectivity index (χ0n) is 9.28. The van der Waals surface area contributed by atoms with Gasteiger partial charge in [-0.25, -0.2) is 0 Å². The first kappa shape index (κ1) is 12.2. The molecule has 0 radical (unpaired) electrons. The molecule has 0 aliphatic carbocycles. The van der Waals surface area contributed by atoms with Crippen LogP contribution in [0.25, 0.3) is 0 Å². The van der Waals surface area contributed by atoms with Gasteiger partial charge < -0.3 is 4.74 Å². The van der Waals surface area contributed by atoms with Crippen LogP contribution in [0.3, 0.4) is 0 Å².